The van der Waals surface area contributed by atoms with Gasteiger partial charge in [-0.05, 0) is 42.8 Å². The van der Waals surface area contributed by atoms with E-state index in [0.29, 0.717) is 11.4 Å². The van der Waals surface area contributed by atoms with E-state index in [1.54, 1.807) is 24.3 Å². The third-order valence-corrected chi connectivity index (χ3v) is 6.10. The van der Waals surface area contributed by atoms with E-state index in [2.05, 4.69) is 5.32 Å². The van der Waals surface area contributed by atoms with Gasteiger partial charge in [-0.1, -0.05) is 6.07 Å². The van der Waals surface area contributed by atoms with Crippen LogP contribution >= 0.6 is 0 Å². The van der Waals surface area contributed by atoms with Gasteiger partial charge in [-0.2, -0.15) is 4.31 Å². The van der Waals surface area contributed by atoms with Gasteiger partial charge in [-0.3, -0.25) is 10.1 Å². The van der Waals surface area contributed by atoms with Gasteiger partial charge in [0.2, 0.25) is 10.0 Å². The largest absolute Gasteiger partial charge is 0.497 e. The van der Waals surface area contributed by atoms with E-state index in [-0.39, 0.29) is 29.7 Å². The molecular weight excluding hydrogens is 358 g/mol. The fraction of sp³-hybridized carbons (Fsp3) is 0.294. The molecule has 3 rings (SSSR count). The Morgan fingerprint density at radius 1 is 1.19 bits per heavy atom. The average molecular weight is 377 g/mol. The summed E-state index contributed by atoms with van der Waals surface area (Å²) in [5, 5.41) is 14.2. The fourth-order valence-electron chi connectivity index (χ4n) is 2.77. The molecule has 0 amide bonds. The molecular formula is C17H19N3O5S. The summed E-state index contributed by atoms with van der Waals surface area (Å²) in [6.07, 6.45) is 0. The first-order valence-corrected chi connectivity index (χ1v) is 9.41. The molecule has 1 fully saturated rings. The molecule has 0 unspecified atom stereocenters. The Kier molecular flexibility index (Phi) is 4.84. The van der Waals surface area contributed by atoms with Crippen molar-refractivity contribution in [3.8, 4) is 5.75 Å². The van der Waals surface area contributed by atoms with E-state index in [9.17, 15) is 18.5 Å². The van der Waals surface area contributed by atoms with Crippen LogP contribution in [0.1, 0.15) is 5.56 Å². The SMILES string of the molecule is COc1ccc(S(=O)(=O)N2CC(Nc3cc(C)ccc3[N+](=O)[O-])C2)cc1. The van der Waals surface area contributed by atoms with Gasteiger partial charge < -0.3 is 10.1 Å². The van der Waals surface area contributed by atoms with Gasteiger partial charge in [0, 0.05) is 19.2 Å². The second-order valence-corrected chi connectivity index (χ2v) is 8.05. The summed E-state index contributed by atoms with van der Waals surface area (Å²) in [4.78, 5) is 10.9. The Labute approximate surface area is 151 Å². The van der Waals surface area contributed by atoms with Crippen molar-refractivity contribution >= 4 is 21.4 Å². The lowest BCUT2D eigenvalue weighted by molar-refractivity contribution is -0.384. The van der Waals surface area contributed by atoms with E-state index in [1.807, 2.05) is 6.92 Å². The molecule has 1 N–H and O–H groups in total. The zero-order valence-corrected chi connectivity index (χ0v) is 15.2. The summed E-state index contributed by atoms with van der Waals surface area (Å²) < 4.78 is 31.6. The number of nitrogens with one attached hydrogen (secondary N) is 1. The summed E-state index contributed by atoms with van der Waals surface area (Å²) in [5.74, 6) is 0.582. The molecule has 138 valence electrons. The summed E-state index contributed by atoms with van der Waals surface area (Å²) in [5.41, 5.74) is 1.27. The van der Waals surface area contributed by atoms with Crippen LogP contribution in [0.15, 0.2) is 47.4 Å². The van der Waals surface area contributed by atoms with Crippen molar-refractivity contribution in [1.29, 1.82) is 0 Å². The maximum atomic E-state index is 12.6. The number of sulfonamides is 1. The predicted octanol–water partition coefficient (Wildman–Crippen LogP) is 2.40. The van der Waals surface area contributed by atoms with E-state index >= 15 is 0 Å². The van der Waals surface area contributed by atoms with Crippen molar-refractivity contribution in [1.82, 2.24) is 4.31 Å². The molecule has 2 aromatic carbocycles. The minimum atomic E-state index is -3.58. The minimum absolute atomic E-state index is 0.0212. The number of ether oxygens (including phenoxy) is 1. The highest BCUT2D eigenvalue weighted by Crippen LogP contribution is 2.29. The zero-order chi connectivity index (χ0) is 18.9. The molecule has 1 aliphatic heterocycles. The average Bonchev–Trinajstić information content (AvgIpc) is 2.57. The van der Waals surface area contributed by atoms with Gasteiger partial charge in [0.25, 0.3) is 5.69 Å². The first-order chi connectivity index (χ1) is 12.3. The molecule has 0 aromatic heterocycles. The Hall–Kier alpha value is -2.65. The molecule has 1 saturated heterocycles. The molecule has 0 spiro atoms. The van der Waals surface area contributed by atoms with Crippen molar-refractivity contribution < 1.29 is 18.1 Å². The lowest BCUT2D eigenvalue weighted by Crippen LogP contribution is -2.56. The number of rotatable bonds is 6. The first kappa shape index (κ1) is 18.2. The molecule has 9 heteroatoms. The quantitative estimate of drug-likeness (QED) is 0.613. The van der Waals surface area contributed by atoms with E-state index in [4.69, 9.17) is 4.74 Å². The number of hydrogen-bond acceptors (Lipinski definition) is 6. The van der Waals surface area contributed by atoms with Crippen molar-refractivity contribution in [3.63, 3.8) is 0 Å². The van der Waals surface area contributed by atoms with Gasteiger partial charge in [-0.15, -0.1) is 0 Å². The Bertz CT molecular complexity index is 922. The number of nitro benzene ring substituents is 1. The molecule has 0 aliphatic carbocycles. The van der Waals surface area contributed by atoms with Crippen molar-refractivity contribution in [3.05, 3.63) is 58.1 Å². The normalized spacial score (nSPS) is 15.3. The van der Waals surface area contributed by atoms with E-state index in [0.717, 1.165) is 5.56 Å². The van der Waals surface area contributed by atoms with Crippen LogP contribution in [-0.4, -0.2) is 43.9 Å². The third kappa shape index (κ3) is 3.49. The maximum absolute atomic E-state index is 12.6. The molecule has 2 aromatic rings. The van der Waals surface area contributed by atoms with Gasteiger partial charge in [0.05, 0.1) is 23.0 Å². The van der Waals surface area contributed by atoms with E-state index in [1.165, 1.54) is 29.6 Å². The lowest BCUT2D eigenvalue weighted by atomic mass is 10.1. The summed E-state index contributed by atoms with van der Waals surface area (Å²) in [6.45, 7) is 2.34. The van der Waals surface area contributed by atoms with Crippen LogP contribution in [0.25, 0.3) is 0 Å². The minimum Gasteiger partial charge on any atom is -0.497 e. The number of anilines is 1. The molecule has 1 aliphatic rings. The van der Waals surface area contributed by atoms with Gasteiger partial charge in [0.15, 0.2) is 0 Å². The van der Waals surface area contributed by atoms with E-state index < -0.39 is 14.9 Å². The van der Waals surface area contributed by atoms with Crippen LogP contribution in [0, 0.1) is 17.0 Å². The van der Waals surface area contributed by atoms with Crippen molar-refractivity contribution in [2.24, 2.45) is 0 Å². The standard InChI is InChI=1S/C17H19N3O5S/c1-12-3-8-17(20(21)22)16(9-12)18-13-10-19(11-13)26(23,24)15-6-4-14(25-2)5-7-15/h3-9,13,18H,10-11H2,1-2H3. The molecule has 1 heterocycles. The highest BCUT2D eigenvalue weighted by Gasteiger charge is 2.37. The predicted molar refractivity (Wildman–Crippen MR) is 97.0 cm³/mol. The summed E-state index contributed by atoms with van der Waals surface area (Å²) >= 11 is 0. The second-order valence-electron chi connectivity index (χ2n) is 6.12. The number of nitro groups is 1. The number of aryl methyl sites for hydroxylation is 1. The third-order valence-electron chi connectivity index (χ3n) is 4.25. The number of methoxy groups -OCH3 is 1. The molecule has 0 atom stereocenters. The van der Waals surface area contributed by atoms with Crippen molar-refractivity contribution in [2.45, 2.75) is 17.9 Å². The molecule has 0 radical (unpaired) electrons. The van der Waals surface area contributed by atoms with Gasteiger partial charge in [-0.25, -0.2) is 8.42 Å². The maximum Gasteiger partial charge on any atom is 0.292 e. The lowest BCUT2D eigenvalue weighted by Gasteiger charge is -2.38. The highest BCUT2D eigenvalue weighted by molar-refractivity contribution is 7.89. The van der Waals surface area contributed by atoms with Crippen LogP contribution in [0.3, 0.4) is 0 Å². The van der Waals surface area contributed by atoms with Crippen LogP contribution in [0.4, 0.5) is 11.4 Å². The first-order valence-electron chi connectivity index (χ1n) is 7.97. The fourth-order valence-corrected chi connectivity index (χ4v) is 4.30. The molecule has 0 saturated carbocycles. The topological polar surface area (TPSA) is 102 Å². The van der Waals surface area contributed by atoms with Crippen LogP contribution in [0.5, 0.6) is 5.75 Å². The number of hydrogen-bond donors (Lipinski definition) is 1. The van der Waals surface area contributed by atoms with Crippen LogP contribution < -0.4 is 10.1 Å². The van der Waals surface area contributed by atoms with Gasteiger partial charge in [0.1, 0.15) is 11.4 Å². The Morgan fingerprint density at radius 3 is 2.42 bits per heavy atom. The molecule has 0 bridgehead atoms. The summed E-state index contributed by atoms with van der Waals surface area (Å²) in [6, 6.07) is 10.8. The van der Waals surface area contributed by atoms with Crippen LogP contribution in [-0.2, 0) is 10.0 Å². The monoisotopic (exact) mass is 377 g/mol. The molecule has 26 heavy (non-hydrogen) atoms. The van der Waals surface area contributed by atoms with Crippen molar-refractivity contribution in [2.75, 3.05) is 25.5 Å². The van der Waals surface area contributed by atoms with Crippen LogP contribution in [0.2, 0.25) is 0 Å². The Morgan fingerprint density at radius 2 is 1.85 bits per heavy atom. The summed E-state index contributed by atoms with van der Waals surface area (Å²) in [7, 11) is -2.07. The van der Waals surface area contributed by atoms with Gasteiger partial charge >= 0.3 is 0 Å². The Balaban J connectivity index is 1.69. The number of benzene rings is 2. The highest BCUT2D eigenvalue weighted by atomic mass is 32.2. The smallest absolute Gasteiger partial charge is 0.292 e. The second kappa shape index (κ2) is 6.93. The number of nitrogens with zero attached hydrogens (tertiary/aromatic N) is 2. The zero-order valence-electron chi connectivity index (χ0n) is 14.4. The molecule has 8 nitrogen and oxygen atoms in total.